The molecule has 3 heteroatoms. The van der Waals surface area contributed by atoms with Gasteiger partial charge in [-0.05, 0) is 27.7 Å². The van der Waals surface area contributed by atoms with Gasteiger partial charge in [-0.1, -0.05) is 0 Å². The second-order valence-electron chi connectivity index (χ2n) is 4.95. The Balaban J connectivity index is 4.95. The van der Waals surface area contributed by atoms with E-state index in [2.05, 4.69) is 47.2 Å². The van der Waals surface area contributed by atoms with Crippen LogP contribution in [-0.2, 0) is 4.74 Å². The quantitative estimate of drug-likeness (QED) is 0.533. The van der Waals surface area contributed by atoms with Gasteiger partial charge in [0.15, 0.2) is 0 Å². The van der Waals surface area contributed by atoms with E-state index in [4.69, 9.17) is 4.74 Å². The molecule has 13 heavy (non-hydrogen) atoms. The van der Waals surface area contributed by atoms with E-state index >= 15 is 0 Å². The number of nitrogens with zero attached hydrogens (tertiary/aromatic N) is 1. The van der Waals surface area contributed by atoms with Crippen LogP contribution in [0.4, 0.5) is 0 Å². The van der Waals surface area contributed by atoms with Gasteiger partial charge >= 0.3 is 0 Å². The Labute approximate surface area is 82.6 Å². The van der Waals surface area contributed by atoms with Crippen LogP contribution in [0.25, 0.3) is 0 Å². The lowest BCUT2D eigenvalue weighted by atomic mass is 9.84. The van der Waals surface area contributed by atoms with Gasteiger partial charge in [0.05, 0.1) is 14.1 Å². The predicted molar refractivity (Wildman–Crippen MR) is 56.3 cm³/mol. The fourth-order valence-electron chi connectivity index (χ4n) is 1.20. The Morgan fingerprint density at radius 1 is 1.08 bits per heavy atom. The first kappa shape index (κ1) is 12.9. The molecular weight excluding hydrogens is 164 g/mol. The first-order chi connectivity index (χ1) is 5.62. The molecular formula is C10H25N2O+. The SMILES string of the molecule is CN[N+](C)(C)C(C)(C)C(C)(C)OC. The summed E-state index contributed by atoms with van der Waals surface area (Å²) >= 11 is 0. The Morgan fingerprint density at radius 2 is 1.46 bits per heavy atom. The number of ether oxygens (including phenoxy) is 1. The summed E-state index contributed by atoms with van der Waals surface area (Å²) in [4.78, 5) is 0. The Bertz CT molecular complexity index is 156. The zero-order valence-corrected chi connectivity index (χ0v) is 10.4. The van der Waals surface area contributed by atoms with Crippen molar-refractivity contribution in [1.82, 2.24) is 5.43 Å². The van der Waals surface area contributed by atoms with Crippen LogP contribution in [0.1, 0.15) is 27.7 Å². The fourth-order valence-corrected chi connectivity index (χ4v) is 1.20. The van der Waals surface area contributed by atoms with E-state index in [1.54, 1.807) is 7.11 Å². The van der Waals surface area contributed by atoms with Gasteiger partial charge in [-0.3, -0.25) is 0 Å². The van der Waals surface area contributed by atoms with Crippen molar-refractivity contribution in [3.8, 4) is 0 Å². The van der Waals surface area contributed by atoms with Gasteiger partial charge < -0.3 is 4.74 Å². The highest BCUT2D eigenvalue weighted by molar-refractivity contribution is 4.88. The van der Waals surface area contributed by atoms with E-state index in [1.807, 2.05) is 7.05 Å². The third kappa shape index (κ3) is 2.03. The number of likely N-dealkylation sites (N-methyl/N-ethyl adjacent to an activating group) is 1. The lowest BCUT2D eigenvalue weighted by Gasteiger charge is -2.50. The largest absolute Gasteiger partial charge is 0.372 e. The molecule has 0 saturated heterocycles. The van der Waals surface area contributed by atoms with E-state index < -0.39 is 0 Å². The third-order valence-corrected chi connectivity index (χ3v) is 3.94. The standard InChI is InChI=1S/C10H25N2O/c1-9(2,10(3,4)13-8)12(6,7)11-5/h11H,1-8H3/q+1. The van der Waals surface area contributed by atoms with Crippen LogP contribution in [0, 0.1) is 0 Å². The van der Waals surface area contributed by atoms with Crippen LogP contribution in [0.5, 0.6) is 0 Å². The molecule has 0 radical (unpaired) electrons. The Kier molecular flexibility index (Phi) is 3.53. The smallest absolute Gasteiger partial charge is 0.139 e. The maximum Gasteiger partial charge on any atom is 0.139 e. The molecule has 3 nitrogen and oxygen atoms in total. The molecule has 0 aromatic carbocycles. The first-order valence-corrected chi connectivity index (χ1v) is 4.70. The molecule has 0 aromatic heterocycles. The molecule has 0 aliphatic carbocycles. The molecule has 0 bridgehead atoms. The zero-order chi connectivity index (χ0) is 10.9. The van der Waals surface area contributed by atoms with Gasteiger partial charge in [-0.25, -0.2) is 4.59 Å². The van der Waals surface area contributed by atoms with Crippen LogP contribution in [0.2, 0.25) is 0 Å². The average Bonchev–Trinajstić information content (AvgIpc) is 2.03. The van der Waals surface area contributed by atoms with E-state index in [1.165, 1.54) is 0 Å². The van der Waals surface area contributed by atoms with Crippen LogP contribution < -0.4 is 5.43 Å². The average molecular weight is 189 g/mol. The molecule has 0 aromatic rings. The van der Waals surface area contributed by atoms with Crippen molar-refractivity contribution >= 4 is 0 Å². The Morgan fingerprint density at radius 3 is 1.69 bits per heavy atom. The molecule has 0 heterocycles. The van der Waals surface area contributed by atoms with Crippen molar-refractivity contribution in [3.05, 3.63) is 0 Å². The second kappa shape index (κ2) is 3.56. The van der Waals surface area contributed by atoms with Crippen molar-refractivity contribution < 1.29 is 9.33 Å². The molecule has 0 amide bonds. The molecule has 0 aliphatic rings. The maximum absolute atomic E-state index is 5.54. The van der Waals surface area contributed by atoms with Crippen molar-refractivity contribution in [3.63, 3.8) is 0 Å². The normalized spacial score (nSPS) is 14.8. The number of hydrogen-bond donors (Lipinski definition) is 1. The van der Waals surface area contributed by atoms with Crippen molar-refractivity contribution in [2.24, 2.45) is 0 Å². The summed E-state index contributed by atoms with van der Waals surface area (Å²) < 4.78 is 6.25. The monoisotopic (exact) mass is 189 g/mol. The molecule has 0 atom stereocenters. The molecule has 0 rings (SSSR count). The lowest BCUT2D eigenvalue weighted by Crippen LogP contribution is -2.71. The van der Waals surface area contributed by atoms with E-state index in [0.717, 1.165) is 0 Å². The van der Waals surface area contributed by atoms with Crippen LogP contribution in [0.15, 0.2) is 0 Å². The third-order valence-electron chi connectivity index (χ3n) is 3.94. The molecule has 0 aliphatic heterocycles. The minimum atomic E-state index is -0.167. The summed E-state index contributed by atoms with van der Waals surface area (Å²) in [5.74, 6) is 0. The second-order valence-corrected chi connectivity index (χ2v) is 4.95. The first-order valence-electron chi connectivity index (χ1n) is 4.70. The van der Waals surface area contributed by atoms with E-state index in [0.29, 0.717) is 4.59 Å². The van der Waals surface area contributed by atoms with Crippen molar-refractivity contribution in [2.75, 3.05) is 28.3 Å². The van der Waals surface area contributed by atoms with Crippen molar-refractivity contribution in [1.29, 1.82) is 0 Å². The molecule has 0 spiro atoms. The van der Waals surface area contributed by atoms with E-state index in [-0.39, 0.29) is 11.1 Å². The van der Waals surface area contributed by atoms with E-state index in [9.17, 15) is 0 Å². The highest BCUT2D eigenvalue weighted by Gasteiger charge is 2.49. The molecule has 80 valence electrons. The zero-order valence-electron chi connectivity index (χ0n) is 10.4. The van der Waals surface area contributed by atoms with Crippen LogP contribution in [-0.4, -0.2) is 44.0 Å². The molecule has 0 saturated carbocycles. The predicted octanol–water partition coefficient (Wildman–Crippen LogP) is 1.40. The summed E-state index contributed by atoms with van der Waals surface area (Å²) in [5, 5.41) is 0. The minimum Gasteiger partial charge on any atom is -0.372 e. The maximum atomic E-state index is 5.54. The van der Waals surface area contributed by atoms with Gasteiger partial charge in [0.1, 0.15) is 11.1 Å². The number of methoxy groups -OCH3 is 1. The summed E-state index contributed by atoms with van der Waals surface area (Å²) in [5.41, 5.74) is 3.11. The molecule has 0 unspecified atom stereocenters. The summed E-state index contributed by atoms with van der Waals surface area (Å²) in [7, 11) is 8.01. The lowest BCUT2D eigenvalue weighted by molar-refractivity contribution is -0.983. The summed E-state index contributed by atoms with van der Waals surface area (Å²) in [6, 6.07) is 0. The number of rotatable bonds is 4. The van der Waals surface area contributed by atoms with Gasteiger partial charge in [-0.15, -0.1) is 0 Å². The topological polar surface area (TPSA) is 21.3 Å². The highest BCUT2D eigenvalue weighted by Crippen LogP contribution is 2.32. The van der Waals surface area contributed by atoms with Crippen LogP contribution >= 0.6 is 0 Å². The number of quaternary nitrogens is 1. The summed E-state index contributed by atoms with van der Waals surface area (Å²) in [6.07, 6.45) is 0. The fraction of sp³-hybridized carbons (Fsp3) is 1.00. The number of hydrogen-bond acceptors (Lipinski definition) is 2. The van der Waals surface area contributed by atoms with Gasteiger partial charge in [0.2, 0.25) is 0 Å². The minimum absolute atomic E-state index is 0.00347. The molecule has 0 fully saturated rings. The van der Waals surface area contributed by atoms with Gasteiger partial charge in [0, 0.05) is 14.2 Å². The van der Waals surface area contributed by atoms with Gasteiger partial charge in [-0.2, -0.15) is 5.43 Å². The van der Waals surface area contributed by atoms with Crippen LogP contribution in [0.3, 0.4) is 0 Å². The van der Waals surface area contributed by atoms with Crippen molar-refractivity contribution in [2.45, 2.75) is 38.8 Å². The summed E-state index contributed by atoms with van der Waals surface area (Å²) in [6.45, 7) is 8.63. The number of nitrogens with one attached hydrogen (secondary N) is 1. The molecule has 1 N–H and O–H groups in total. The highest BCUT2D eigenvalue weighted by atomic mass is 16.5. The van der Waals surface area contributed by atoms with Gasteiger partial charge in [0.25, 0.3) is 0 Å². The Hall–Kier alpha value is -0.120.